The van der Waals surface area contributed by atoms with Crippen molar-refractivity contribution in [3.05, 3.63) is 89.5 Å². The predicted octanol–water partition coefficient (Wildman–Crippen LogP) is 5.48. The molecule has 3 saturated carbocycles. The van der Waals surface area contributed by atoms with E-state index in [2.05, 4.69) is 26.0 Å². The Kier molecular flexibility index (Phi) is 6.66. The van der Waals surface area contributed by atoms with Gasteiger partial charge >= 0.3 is 0 Å². The van der Waals surface area contributed by atoms with Crippen molar-refractivity contribution in [1.29, 1.82) is 0 Å². The Balaban J connectivity index is 1.17. The Bertz CT molecular complexity index is 1360. The highest BCUT2D eigenvalue weighted by atomic mass is 16.5. The van der Waals surface area contributed by atoms with Crippen LogP contribution in [0.5, 0.6) is 5.75 Å². The van der Waals surface area contributed by atoms with Gasteiger partial charge in [0.2, 0.25) is 5.78 Å². The molecule has 8 atom stereocenters. The van der Waals surface area contributed by atoms with Crippen LogP contribution in [0.25, 0.3) is 0 Å². The molecular formula is C35H40O5. The van der Waals surface area contributed by atoms with E-state index in [0.717, 1.165) is 30.4 Å². The average Bonchev–Trinajstić information content (AvgIpc) is 3.20. The van der Waals surface area contributed by atoms with E-state index in [1.54, 1.807) is 12.2 Å². The third-order valence-corrected chi connectivity index (χ3v) is 11.0. The highest BCUT2D eigenvalue weighted by molar-refractivity contribution is 6.01. The summed E-state index contributed by atoms with van der Waals surface area (Å²) in [7, 11) is 0. The van der Waals surface area contributed by atoms with Gasteiger partial charge in [0.05, 0.1) is 6.10 Å². The lowest BCUT2D eigenvalue weighted by atomic mass is 9.45. The smallest absolute Gasteiger partial charge is 0.202 e. The Hall–Kier alpha value is -3.02. The molecule has 2 aromatic carbocycles. The van der Waals surface area contributed by atoms with Crippen molar-refractivity contribution in [2.24, 2.45) is 34.5 Å². The first kappa shape index (κ1) is 27.2. The number of rotatable bonds is 6. The molecule has 5 nitrogen and oxygen atoms in total. The second-order valence-electron chi connectivity index (χ2n) is 13.2. The van der Waals surface area contributed by atoms with E-state index in [0.29, 0.717) is 18.6 Å². The standard InChI is InChI=1S/C35H40O5/c1-22-17-27-28-14-16-35(39,34(28,3)20-30(37)32(27)33(2)15-13-25(36)19-29(22)33)31(38)21-40-26-11-9-24(10-12-26)18-23-7-5-4-6-8-23/h4-13,15,19,22,27-28,30,32,37,39H,14,16-18,20-21H2,1-3H3/t22-,27?,28?,30-,32?,33?,34?,35-/m0/s1. The third-order valence-electron chi connectivity index (χ3n) is 11.0. The van der Waals surface area contributed by atoms with Crippen LogP contribution < -0.4 is 4.74 Å². The van der Waals surface area contributed by atoms with Crippen molar-refractivity contribution < 1.29 is 24.5 Å². The Labute approximate surface area is 237 Å². The van der Waals surface area contributed by atoms with Crippen LogP contribution >= 0.6 is 0 Å². The zero-order valence-electron chi connectivity index (χ0n) is 23.7. The molecule has 2 aromatic rings. The number of hydrogen-bond donors (Lipinski definition) is 2. The molecule has 0 radical (unpaired) electrons. The molecule has 0 spiro atoms. The summed E-state index contributed by atoms with van der Waals surface area (Å²) in [6, 6.07) is 18.0. The molecule has 4 aliphatic rings. The molecule has 0 aromatic heterocycles. The van der Waals surface area contributed by atoms with Crippen LogP contribution in [0.4, 0.5) is 0 Å². The lowest BCUT2D eigenvalue weighted by molar-refractivity contribution is -0.179. The summed E-state index contributed by atoms with van der Waals surface area (Å²) in [5.74, 6) is 0.731. The molecule has 0 amide bonds. The number of benzene rings is 2. The molecule has 3 fully saturated rings. The van der Waals surface area contributed by atoms with E-state index in [9.17, 15) is 19.8 Å². The minimum absolute atomic E-state index is 0.0135. The molecule has 2 N–H and O–H groups in total. The molecule has 5 heteroatoms. The quantitative estimate of drug-likeness (QED) is 0.507. The number of Topliss-reactive ketones (excluding diaryl/α,β-unsaturated/α-hetero) is 1. The summed E-state index contributed by atoms with van der Waals surface area (Å²) in [5.41, 5.74) is 0.824. The monoisotopic (exact) mass is 540 g/mol. The van der Waals surface area contributed by atoms with Gasteiger partial charge in [-0.15, -0.1) is 0 Å². The fourth-order valence-electron chi connectivity index (χ4n) is 9.02. The molecule has 0 saturated heterocycles. The van der Waals surface area contributed by atoms with Crippen LogP contribution in [0.2, 0.25) is 0 Å². The first-order chi connectivity index (χ1) is 19.0. The van der Waals surface area contributed by atoms with Gasteiger partial charge in [-0.25, -0.2) is 0 Å². The van der Waals surface area contributed by atoms with Crippen LogP contribution in [0, 0.1) is 34.5 Å². The highest BCUT2D eigenvalue weighted by Gasteiger charge is 2.68. The summed E-state index contributed by atoms with van der Waals surface area (Å²) < 4.78 is 5.90. The van der Waals surface area contributed by atoms with Crippen molar-refractivity contribution in [2.75, 3.05) is 6.61 Å². The summed E-state index contributed by atoms with van der Waals surface area (Å²) in [6.45, 7) is 6.11. The topological polar surface area (TPSA) is 83.8 Å². The van der Waals surface area contributed by atoms with Crippen LogP contribution in [-0.2, 0) is 16.0 Å². The van der Waals surface area contributed by atoms with Gasteiger partial charge in [-0.05, 0) is 85.3 Å². The number of fused-ring (bicyclic) bond motifs is 5. The lowest BCUT2D eigenvalue weighted by Gasteiger charge is -2.60. The zero-order valence-corrected chi connectivity index (χ0v) is 23.7. The molecule has 0 aliphatic heterocycles. The molecule has 6 rings (SSSR count). The number of carbonyl (C=O) groups is 2. The zero-order chi connectivity index (χ0) is 28.3. The normalized spacial score (nSPS) is 38.2. The summed E-state index contributed by atoms with van der Waals surface area (Å²) >= 11 is 0. The molecule has 40 heavy (non-hydrogen) atoms. The summed E-state index contributed by atoms with van der Waals surface area (Å²) in [5, 5.41) is 23.6. The van der Waals surface area contributed by atoms with Gasteiger partial charge in [0.25, 0.3) is 0 Å². The van der Waals surface area contributed by atoms with E-state index in [1.807, 2.05) is 55.5 Å². The number of aliphatic hydroxyl groups is 2. The van der Waals surface area contributed by atoms with Gasteiger partial charge < -0.3 is 14.9 Å². The van der Waals surface area contributed by atoms with Crippen molar-refractivity contribution >= 4 is 11.6 Å². The Morgan fingerprint density at radius 3 is 2.48 bits per heavy atom. The molecular weight excluding hydrogens is 500 g/mol. The number of ketones is 2. The number of allylic oxidation sites excluding steroid dienone is 4. The second-order valence-corrected chi connectivity index (χ2v) is 13.2. The van der Waals surface area contributed by atoms with Crippen molar-refractivity contribution in [3.63, 3.8) is 0 Å². The first-order valence-electron chi connectivity index (χ1n) is 14.7. The number of ether oxygens (including phenoxy) is 1. The van der Waals surface area contributed by atoms with Crippen molar-refractivity contribution in [2.45, 2.75) is 64.6 Å². The summed E-state index contributed by atoms with van der Waals surface area (Å²) in [6.07, 6.45) is 7.87. The van der Waals surface area contributed by atoms with Crippen molar-refractivity contribution in [3.8, 4) is 5.75 Å². The maximum atomic E-state index is 13.7. The molecule has 0 heterocycles. The number of hydrogen-bond acceptors (Lipinski definition) is 5. The minimum Gasteiger partial charge on any atom is -0.486 e. The molecule has 0 bridgehead atoms. The van der Waals surface area contributed by atoms with Gasteiger partial charge in [-0.2, -0.15) is 0 Å². The number of aliphatic hydroxyl groups excluding tert-OH is 1. The van der Waals surface area contributed by atoms with E-state index >= 15 is 0 Å². The first-order valence-corrected chi connectivity index (χ1v) is 14.7. The lowest BCUT2D eigenvalue weighted by Crippen LogP contribution is -2.62. The highest BCUT2D eigenvalue weighted by Crippen LogP contribution is 2.67. The number of carbonyl (C=O) groups excluding carboxylic acids is 2. The van der Waals surface area contributed by atoms with Gasteiger partial charge in [-0.3, -0.25) is 9.59 Å². The van der Waals surface area contributed by atoms with E-state index in [4.69, 9.17) is 4.74 Å². The molecule has 4 aliphatic carbocycles. The molecule has 5 unspecified atom stereocenters. The Morgan fingerprint density at radius 2 is 1.75 bits per heavy atom. The maximum Gasteiger partial charge on any atom is 0.202 e. The SMILES string of the molecule is C[C@H]1CC2C([C@@H](O)CC3(C)C2CC[C@]3(O)C(=O)COc2ccc(Cc3ccccc3)cc2)C2(C)C=CC(=O)C=C12. The van der Waals surface area contributed by atoms with Gasteiger partial charge in [0.15, 0.2) is 5.78 Å². The van der Waals surface area contributed by atoms with E-state index in [-0.39, 0.29) is 41.8 Å². The van der Waals surface area contributed by atoms with Gasteiger partial charge in [-0.1, -0.05) is 74.9 Å². The fourth-order valence-corrected chi connectivity index (χ4v) is 9.02. The second kappa shape index (κ2) is 9.81. The van der Waals surface area contributed by atoms with Crippen LogP contribution in [-0.4, -0.2) is 40.1 Å². The molecule has 210 valence electrons. The maximum absolute atomic E-state index is 13.7. The Morgan fingerprint density at radius 1 is 1.05 bits per heavy atom. The average molecular weight is 541 g/mol. The minimum atomic E-state index is -1.55. The predicted molar refractivity (Wildman–Crippen MR) is 154 cm³/mol. The van der Waals surface area contributed by atoms with E-state index < -0.39 is 22.5 Å². The van der Waals surface area contributed by atoms with Crippen LogP contribution in [0.1, 0.15) is 57.6 Å². The van der Waals surface area contributed by atoms with E-state index in [1.165, 1.54) is 5.56 Å². The summed E-state index contributed by atoms with van der Waals surface area (Å²) in [4.78, 5) is 25.8. The van der Waals surface area contributed by atoms with Crippen LogP contribution in [0.3, 0.4) is 0 Å². The largest absolute Gasteiger partial charge is 0.486 e. The van der Waals surface area contributed by atoms with Crippen molar-refractivity contribution in [1.82, 2.24) is 0 Å². The fraction of sp³-hybridized carbons (Fsp3) is 0.486. The van der Waals surface area contributed by atoms with Gasteiger partial charge in [0, 0.05) is 16.7 Å². The third kappa shape index (κ3) is 4.21. The van der Waals surface area contributed by atoms with Gasteiger partial charge in [0.1, 0.15) is 18.0 Å². The van der Waals surface area contributed by atoms with Crippen LogP contribution in [0.15, 0.2) is 78.4 Å².